The third-order valence-electron chi connectivity index (χ3n) is 2.24. The van der Waals surface area contributed by atoms with Crippen LogP contribution in [0.2, 0.25) is 4.34 Å². The molecule has 1 heterocycles. The monoisotopic (exact) mass is 247 g/mol. The maximum absolute atomic E-state index is 11.3. The van der Waals surface area contributed by atoms with E-state index in [0.29, 0.717) is 6.54 Å². The van der Waals surface area contributed by atoms with Crippen molar-refractivity contribution in [1.29, 1.82) is 0 Å². The first-order chi connectivity index (χ1) is 7.04. The molecule has 0 saturated carbocycles. The van der Waals surface area contributed by atoms with Crippen LogP contribution in [0.25, 0.3) is 0 Å². The van der Waals surface area contributed by atoms with Crippen LogP contribution in [0.15, 0.2) is 12.1 Å². The number of rotatable bonds is 4. The van der Waals surface area contributed by atoms with Gasteiger partial charge in [-0.05, 0) is 26.1 Å². The Morgan fingerprint density at radius 3 is 2.80 bits per heavy atom. The summed E-state index contributed by atoms with van der Waals surface area (Å²) in [5.41, 5.74) is 0. The molecule has 0 aliphatic rings. The Morgan fingerprint density at radius 1 is 1.67 bits per heavy atom. The largest absolute Gasteiger partial charge is 0.468 e. The van der Waals surface area contributed by atoms with Crippen molar-refractivity contribution in [1.82, 2.24) is 4.90 Å². The van der Waals surface area contributed by atoms with E-state index in [1.165, 1.54) is 18.4 Å². The van der Waals surface area contributed by atoms with Crippen molar-refractivity contribution in [2.75, 3.05) is 14.2 Å². The minimum Gasteiger partial charge on any atom is -0.468 e. The number of methoxy groups -OCH3 is 1. The number of nitrogens with zero attached hydrogens (tertiary/aromatic N) is 1. The van der Waals surface area contributed by atoms with Crippen molar-refractivity contribution in [3.63, 3.8) is 0 Å². The summed E-state index contributed by atoms with van der Waals surface area (Å²) in [6.07, 6.45) is 0. The number of esters is 1. The first kappa shape index (κ1) is 12.5. The number of thiophene rings is 1. The molecule has 15 heavy (non-hydrogen) atoms. The fourth-order valence-corrected chi connectivity index (χ4v) is 2.32. The van der Waals surface area contributed by atoms with Gasteiger partial charge >= 0.3 is 5.97 Å². The molecule has 0 radical (unpaired) electrons. The minimum absolute atomic E-state index is 0.222. The van der Waals surface area contributed by atoms with Crippen molar-refractivity contribution in [2.45, 2.75) is 19.5 Å². The highest BCUT2D eigenvalue weighted by molar-refractivity contribution is 7.16. The molecular formula is C10H14ClNO2S. The van der Waals surface area contributed by atoms with Gasteiger partial charge in [-0.2, -0.15) is 0 Å². The fourth-order valence-electron chi connectivity index (χ4n) is 1.17. The van der Waals surface area contributed by atoms with Gasteiger partial charge in [0.2, 0.25) is 0 Å². The van der Waals surface area contributed by atoms with Gasteiger partial charge in [0.1, 0.15) is 6.04 Å². The number of ether oxygens (including phenoxy) is 1. The minimum atomic E-state index is -0.240. The molecular weight excluding hydrogens is 234 g/mol. The summed E-state index contributed by atoms with van der Waals surface area (Å²) in [7, 11) is 3.28. The second-order valence-electron chi connectivity index (χ2n) is 3.32. The van der Waals surface area contributed by atoms with Gasteiger partial charge in [0.15, 0.2) is 0 Å². The third-order valence-corrected chi connectivity index (χ3v) is 3.45. The van der Waals surface area contributed by atoms with Crippen LogP contribution in [0.4, 0.5) is 0 Å². The van der Waals surface area contributed by atoms with Crippen LogP contribution in [-0.2, 0) is 16.1 Å². The molecule has 1 aromatic heterocycles. The third kappa shape index (κ3) is 3.48. The highest BCUT2D eigenvalue weighted by Gasteiger charge is 2.18. The number of halogens is 1. The molecule has 0 aliphatic carbocycles. The Bertz CT molecular complexity index is 340. The predicted octanol–water partition coefficient (Wildman–Crippen LogP) is 2.39. The SMILES string of the molecule is COC(=O)C(C)N(C)Cc1ccc(Cl)s1. The lowest BCUT2D eigenvalue weighted by Crippen LogP contribution is -2.36. The van der Waals surface area contributed by atoms with Gasteiger partial charge in [0.05, 0.1) is 11.4 Å². The zero-order valence-electron chi connectivity index (χ0n) is 8.99. The Balaban J connectivity index is 2.55. The van der Waals surface area contributed by atoms with Crippen LogP contribution in [0.3, 0.4) is 0 Å². The molecule has 0 amide bonds. The fraction of sp³-hybridized carbons (Fsp3) is 0.500. The van der Waals surface area contributed by atoms with E-state index >= 15 is 0 Å². The van der Waals surface area contributed by atoms with E-state index < -0.39 is 0 Å². The molecule has 0 fully saturated rings. The number of likely N-dealkylation sites (N-methyl/N-ethyl adjacent to an activating group) is 1. The van der Waals surface area contributed by atoms with E-state index in [-0.39, 0.29) is 12.0 Å². The maximum Gasteiger partial charge on any atom is 0.322 e. The maximum atomic E-state index is 11.3. The lowest BCUT2D eigenvalue weighted by molar-refractivity contribution is -0.145. The van der Waals surface area contributed by atoms with Crippen LogP contribution >= 0.6 is 22.9 Å². The number of hydrogen-bond donors (Lipinski definition) is 0. The highest BCUT2D eigenvalue weighted by atomic mass is 35.5. The van der Waals surface area contributed by atoms with Crippen molar-refractivity contribution < 1.29 is 9.53 Å². The molecule has 0 aromatic carbocycles. The first-order valence-electron chi connectivity index (χ1n) is 4.57. The average molecular weight is 248 g/mol. The molecule has 0 spiro atoms. The van der Waals surface area contributed by atoms with E-state index in [9.17, 15) is 4.79 Å². The van der Waals surface area contributed by atoms with Gasteiger partial charge in [0.25, 0.3) is 0 Å². The summed E-state index contributed by atoms with van der Waals surface area (Å²) < 4.78 is 5.44. The van der Waals surface area contributed by atoms with Gasteiger partial charge in [-0.25, -0.2) is 0 Å². The van der Waals surface area contributed by atoms with E-state index in [1.54, 1.807) is 0 Å². The van der Waals surface area contributed by atoms with Gasteiger partial charge in [0, 0.05) is 11.4 Å². The summed E-state index contributed by atoms with van der Waals surface area (Å²) in [5.74, 6) is -0.222. The van der Waals surface area contributed by atoms with Crippen molar-refractivity contribution in [2.24, 2.45) is 0 Å². The topological polar surface area (TPSA) is 29.5 Å². The van der Waals surface area contributed by atoms with Crippen LogP contribution < -0.4 is 0 Å². The van der Waals surface area contributed by atoms with Gasteiger partial charge in [-0.3, -0.25) is 9.69 Å². The van der Waals surface area contributed by atoms with E-state index in [2.05, 4.69) is 4.74 Å². The molecule has 0 saturated heterocycles. The molecule has 1 rings (SSSR count). The van der Waals surface area contributed by atoms with E-state index in [4.69, 9.17) is 11.6 Å². The van der Waals surface area contributed by atoms with Gasteiger partial charge < -0.3 is 4.74 Å². The molecule has 1 aromatic rings. The Kier molecular flexibility index (Phi) is 4.57. The molecule has 84 valence electrons. The Hall–Kier alpha value is -0.580. The zero-order valence-corrected chi connectivity index (χ0v) is 10.6. The first-order valence-corrected chi connectivity index (χ1v) is 5.76. The number of carbonyl (C=O) groups excluding carboxylic acids is 1. The Labute approximate surface area is 98.6 Å². The quantitative estimate of drug-likeness (QED) is 0.766. The average Bonchev–Trinajstić information content (AvgIpc) is 2.61. The summed E-state index contributed by atoms with van der Waals surface area (Å²) in [6.45, 7) is 2.52. The standard InChI is InChI=1S/C10H14ClNO2S/c1-7(10(13)14-3)12(2)6-8-4-5-9(11)15-8/h4-5,7H,6H2,1-3H3. The molecule has 0 N–H and O–H groups in total. The molecule has 5 heteroatoms. The van der Waals surface area contributed by atoms with Gasteiger partial charge in [-0.1, -0.05) is 11.6 Å². The Morgan fingerprint density at radius 2 is 2.33 bits per heavy atom. The molecule has 0 aliphatic heterocycles. The van der Waals surface area contributed by atoms with Crippen LogP contribution in [0.5, 0.6) is 0 Å². The van der Waals surface area contributed by atoms with Crippen LogP contribution in [0, 0.1) is 0 Å². The molecule has 0 bridgehead atoms. The smallest absolute Gasteiger partial charge is 0.322 e. The molecule has 1 atom stereocenters. The van der Waals surface area contributed by atoms with Crippen LogP contribution in [-0.4, -0.2) is 31.1 Å². The lowest BCUT2D eigenvalue weighted by atomic mass is 10.3. The van der Waals surface area contributed by atoms with E-state index in [1.807, 2.05) is 31.0 Å². The summed E-state index contributed by atoms with van der Waals surface area (Å²) in [5, 5.41) is 0. The summed E-state index contributed by atoms with van der Waals surface area (Å²) >= 11 is 7.35. The lowest BCUT2D eigenvalue weighted by Gasteiger charge is -2.21. The van der Waals surface area contributed by atoms with Crippen molar-refractivity contribution in [3.8, 4) is 0 Å². The number of hydrogen-bond acceptors (Lipinski definition) is 4. The van der Waals surface area contributed by atoms with Gasteiger partial charge in [-0.15, -0.1) is 11.3 Å². The highest BCUT2D eigenvalue weighted by Crippen LogP contribution is 2.22. The van der Waals surface area contributed by atoms with Crippen molar-refractivity contribution >= 4 is 28.9 Å². The van der Waals surface area contributed by atoms with E-state index in [0.717, 1.165) is 9.21 Å². The molecule has 3 nitrogen and oxygen atoms in total. The normalized spacial score (nSPS) is 12.9. The molecule has 1 unspecified atom stereocenters. The second-order valence-corrected chi connectivity index (χ2v) is 5.12. The summed E-state index contributed by atoms with van der Waals surface area (Å²) in [6, 6.07) is 3.59. The second kappa shape index (κ2) is 5.49. The van der Waals surface area contributed by atoms with Crippen molar-refractivity contribution in [3.05, 3.63) is 21.3 Å². The van der Waals surface area contributed by atoms with Crippen LogP contribution in [0.1, 0.15) is 11.8 Å². The summed E-state index contributed by atoms with van der Waals surface area (Å²) in [4.78, 5) is 14.3. The zero-order chi connectivity index (χ0) is 11.4. The predicted molar refractivity (Wildman–Crippen MR) is 62.3 cm³/mol. The number of carbonyl (C=O) groups is 1.